The van der Waals surface area contributed by atoms with Gasteiger partial charge in [0.05, 0.1) is 12.2 Å². The first-order valence-corrected chi connectivity index (χ1v) is 7.51. The van der Waals surface area contributed by atoms with Crippen LogP contribution in [0.15, 0.2) is 10.6 Å². The number of hydrogen-bond acceptors (Lipinski definition) is 4. The second-order valence-corrected chi connectivity index (χ2v) is 5.85. The minimum atomic E-state index is 0.577. The fourth-order valence-electron chi connectivity index (χ4n) is 2.97. The smallest absolute Gasteiger partial charge is 0.150 e. The Bertz CT molecular complexity index is 390. The first kappa shape index (κ1) is 14.5. The van der Waals surface area contributed by atoms with E-state index in [1.165, 1.54) is 12.8 Å². The van der Waals surface area contributed by atoms with Crippen molar-refractivity contribution < 1.29 is 4.52 Å². The van der Waals surface area contributed by atoms with Gasteiger partial charge in [0.25, 0.3) is 0 Å². The highest BCUT2D eigenvalue weighted by Gasteiger charge is 2.32. The van der Waals surface area contributed by atoms with Crippen LogP contribution >= 0.6 is 0 Å². The van der Waals surface area contributed by atoms with Crippen molar-refractivity contribution in [2.75, 3.05) is 13.1 Å². The molecule has 1 aromatic heterocycles. The number of aromatic nitrogens is 1. The standard InChI is InChI=1S/C15H27N3O/c1-5-7-16-15-6-8-18(13(4)12(15)3)10-14-9-11(2)17-19-14/h9,12-13,15-16H,5-8,10H2,1-4H3. The fourth-order valence-corrected chi connectivity index (χ4v) is 2.97. The molecule has 0 radical (unpaired) electrons. The van der Waals surface area contributed by atoms with Crippen molar-refractivity contribution in [3.8, 4) is 0 Å². The van der Waals surface area contributed by atoms with Crippen LogP contribution in [0.2, 0.25) is 0 Å². The minimum absolute atomic E-state index is 0.577. The van der Waals surface area contributed by atoms with Gasteiger partial charge in [-0.2, -0.15) is 0 Å². The summed E-state index contributed by atoms with van der Waals surface area (Å²) in [6, 6.07) is 3.27. The molecule has 0 aromatic carbocycles. The summed E-state index contributed by atoms with van der Waals surface area (Å²) in [5.74, 6) is 1.65. The molecule has 108 valence electrons. The number of piperidine rings is 1. The van der Waals surface area contributed by atoms with Crippen molar-refractivity contribution in [3.63, 3.8) is 0 Å². The Hall–Kier alpha value is -0.870. The molecule has 19 heavy (non-hydrogen) atoms. The molecule has 0 bridgehead atoms. The van der Waals surface area contributed by atoms with Crippen LogP contribution in [0.1, 0.15) is 45.1 Å². The van der Waals surface area contributed by atoms with Gasteiger partial charge in [0, 0.05) is 24.7 Å². The first-order valence-electron chi connectivity index (χ1n) is 7.51. The number of nitrogens with zero attached hydrogens (tertiary/aromatic N) is 2. The largest absolute Gasteiger partial charge is 0.360 e. The second-order valence-electron chi connectivity index (χ2n) is 5.85. The van der Waals surface area contributed by atoms with Crippen molar-refractivity contribution in [2.24, 2.45) is 5.92 Å². The average molecular weight is 265 g/mol. The SMILES string of the molecule is CCCNC1CCN(Cc2cc(C)no2)C(C)C1C. The lowest BCUT2D eigenvalue weighted by Gasteiger charge is -2.42. The molecule has 1 aliphatic rings. The van der Waals surface area contributed by atoms with Crippen LogP contribution in [0.5, 0.6) is 0 Å². The maximum absolute atomic E-state index is 5.34. The predicted octanol–water partition coefficient (Wildman–Crippen LogP) is 2.58. The van der Waals surface area contributed by atoms with Gasteiger partial charge >= 0.3 is 0 Å². The molecule has 0 spiro atoms. The monoisotopic (exact) mass is 265 g/mol. The van der Waals surface area contributed by atoms with Crippen molar-refractivity contribution in [2.45, 2.75) is 59.2 Å². The Balaban J connectivity index is 1.91. The number of hydrogen-bond donors (Lipinski definition) is 1. The zero-order valence-electron chi connectivity index (χ0n) is 12.6. The third-order valence-electron chi connectivity index (χ3n) is 4.39. The Morgan fingerprint density at radius 1 is 1.47 bits per heavy atom. The lowest BCUT2D eigenvalue weighted by Crippen LogP contribution is -2.53. The van der Waals surface area contributed by atoms with Gasteiger partial charge in [-0.1, -0.05) is 19.0 Å². The van der Waals surface area contributed by atoms with Crippen LogP contribution in [0.3, 0.4) is 0 Å². The van der Waals surface area contributed by atoms with Gasteiger partial charge in [-0.3, -0.25) is 4.90 Å². The molecule has 3 unspecified atom stereocenters. The molecule has 2 heterocycles. The van der Waals surface area contributed by atoms with Crippen molar-refractivity contribution in [1.29, 1.82) is 0 Å². The first-order chi connectivity index (χ1) is 9.11. The summed E-state index contributed by atoms with van der Waals surface area (Å²) in [5.41, 5.74) is 0.968. The summed E-state index contributed by atoms with van der Waals surface area (Å²) in [5, 5.41) is 7.65. The van der Waals surface area contributed by atoms with Crippen LogP contribution in [0.25, 0.3) is 0 Å². The summed E-state index contributed by atoms with van der Waals surface area (Å²) >= 11 is 0. The van der Waals surface area contributed by atoms with E-state index >= 15 is 0 Å². The molecule has 1 aliphatic heterocycles. The molecule has 2 rings (SSSR count). The molecule has 4 nitrogen and oxygen atoms in total. The molecule has 1 saturated heterocycles. The third kappa shape index (κ3) is 3.57. The van der Waals surface area contributed by atoms with E-state index in [4.69, 9.17) is 4.52 Å². The maximum Gasteiger partial charge on any atom is 0.150 e. The van der Waals surface area contributed by atoms with Gasteiger partial charge < -0.3 is 9.84 Å². The van der Waals surface area contributed by atoms with E-state index in [1.54, 1.807) is 0 Å². The summed E-state index contributed by atoms with van der Waals surface area (Å²) in [4.78, 5) is 2.51. The summed E-state index contributed by atoms with van der Waals surface area (Å²) < 4.78 is 5.34. The van der Waals surface area contributed by atoms with Crippen molar-refractivity contribution in [3.05, 3.63) is 17.5 Å². The van der Waals surface area contributed by atoms with Gasteiger partial charge in [-0.25, -0.2) is 0 Å². The van der Waals surface area contributed by atoms with E-state index in [-0.39, 0.29) is 0 Å². The number of aryl methyl sites for hydroxylation is 1. The number of rotatable bonds is 5. The molecule has 1 aromatic rings. The summed E-state index contributed by atoms with van der Waals surface area (Å²) in [6.45, 7) is 12.0. The normalized spacial score (nSPS) is 28.7. The Morgan fingerprint density at radius 3 is 2.89 bits per heavy atom. The van der Waals surface area contributed by atoms with Gasteiger partial charge in [0.2, 0.25) is 0 Å². The van der Waals surface area contributed by atoms with Crippen molar-refractivity contribution in [1.82, 2.24) is 15.4 Å². The maximum atomic E-state index is 5.34. The van der Waals surface area contributed by atoms with E-state index < -0.39 is 0 Å². The zero-order valence-corrected chi connectivity index (χ0v) is 12.6. The van der Waals surface area contributed by atoms with Gasteiger partial charge in [-0.05, 0) is 39.2 Å². The van der Waals surface area contributed by atoms with Crippen LogP contribution in [0, 0.1) is 12.8 Å². The lowest BCUT2D eigenvalue weighted by atomic mass is 9.87. The van der Waals surface area contributed by atoms with Gasteiger partial charge in [0.1, 0.15) is 0 Å². The van der Waals surface area contributed by atoms with E-state index in [2.05, 4.69) is 36.1 Å². The highest BCUT2D eigenvalue weighted by molar-refractivity contribution is 5.04. The Kier molecular flexibility index (Phi) is 4.99. The Morgan fingerprint density at radius 2 is 2.26 bits per heavy atom. The van der Waals surface area contributed by atoms with E-state index in [0.29, 0.717) is 18.0 Å². The molecule has 3 atom stereocenters. The number of nitrogens with one attached hydrogen (secondary N) is 1. The van der Waals surface area contributed by atoms with Gasteiger partial charge in [0.15, 0.2) is 5.76 Å². The third-order valence-corrected chi connectivity index (χ3v) is 4.39. The fraction of sp³-hybridized carbons (Fsp3) is 0.800. The van der Waals surface area contributed by atoms with Crippen LogP contribution in [-0.4, -0.2) is 35.2 Å². The highest BCUT2D eigenvalue weighted by Crippen LogP contribution is 2.25. The second kappa shape index (κ2) is 6.53. The van der Waals surface area contributed by atoms with Crippen LogP contribution in [0.4, 0.5) is 0 Å². The molecule has 4 heteroatoms. The molecule has 0 amide bonds. The summed E-state index contributed by atoms with van der Waals surface area (Å²) in [7, 11) is 0. The molecular formula is C15H27N3O. The van der Waals surface area contributed by atoms with E-state index in [1.807, 2.05) is 13.0 Å². The van der Waals surface area contributed by atoms with Crippen LogP contribution in [-0.2, 0) is 6.54 Å². The number of likely N-dealkylation sites (tertiary alicyclic amines) is 1. The topological polar surface area (TPSA) is 41.3 Å². The van der Waals surface area contributed by atoms with Gasteiger partial charge in [-0.15, -0.1) is 0 Å². The average Bonchev–Trinajstić information content (AvgIpc) is 2.80. The highest BCUT2D eigenvalue weighted by atomic mass is 16.5. The predicted molar refractivity (Wildman–Crippen MR) is 77.0 cm³/mol. The molecule has 0 saturated carbocycles. The molecule has 1 fully saturated rings. The Labute approximate surface area is 116 Å². The minimum Gasteiger partial charge on any atom is -0.360 e. The van der Waals surface area contributed by atoms with E-state index in [9.17, 15) is 0 Å². The lowest BCUT2D eigenvalue weighted by molar-refractivity contribution is 0.0705. The zero-order chi connectivity index (χ0) is 13.8. The summed E-state index contributed by atoms with van der Waals surface area (Å²) in [6.07, 6.45) is 2.43. The molecule has 0 aliphatic carbocycles. The molecule has 1 N–H and O–H groups in total. The van der Waals surface area contributed by atoms with Crippen LogP contribution < -0.4 is 5.32 Å². The van der Waals surface area contributed by atoms with E-state index in [0.717, 1.165) is 31.1 Å². The quantitative estimate of drug-likeness (QED) is 0.888. The van der Waals surface area contributed by atoms with Crippen molar-refractivity contribution >= 4 is 0 Å². The molecular weight excluding hydrogens is 238 g/mol.